The Morgan fingerprint density at radius 3 is 2.70 bits per heavy atom. The zero-order chi connectivity index (χ0) is 14.7. The molecule has 1 unspecified atom stereocenters. The molecule has 0 amide bonds. The van der Waals surface area contributed by atoms with E-state index in [2.05, 4.69) is 18.8 Å². The zero-order valence-corrected chi connectivity index (χ0v) is 11.7. The molecule has 0 aliphatic rings. The van der Waals surface area contributed by atoms with Crippen molar-refractivity contribution in [1.82, 2.24) is 9.55 Å². The van der Waals surface area contributed by atoms with Gasteiger partial charge in [0.25, 0.3) is 0 Å². The molecule has 1 aromatic carbocycles. The molecule has 0 saturated heterocycles. The number of nitrogens with zero attached hydrogens (tertiary/aromatic N) is 2. The predicted octanol–water partition coefficient (Wildman–Crippen LogP) is 3.26. The lowest BCUT2D eigenvalue weighted by atomic mass is 10.0. The van der Waals surface area contributed by atoms with Crippen LogP contribution in [0.5, 0.6) is 0 Å². The third-order valence-electron chi connectivity index (χ3n) is 3.21. The average molecular weight is 279 g/mol. The van der Waals surface area contributed by atoms with E-state index in [1.54, 1.807) is 12.5 Å². The average Bonchev–Trinajstić information content (AvgIpc) is 2.80. The molecule has 0 radical (unpaired) electrons. The van der Waals surface area contributed by atoms with Crippen LogP contribution >= 0.6 is 0 Å². The molecule has 1 aromatic heterocycles. The lowest BCUT2D eigenvalue weighted by Crippen LogP contribution is -2.17. The summed E-state index contributed by atoms with van der Waals surface area (Å²) in [5.41, 5.74) is 7.42. The van der Waals surface area contributed by atoms with Crippen LogP contribution < -0.4 is 5.73 Å². The van der Waals surface area contributed by atoms with Crippen molar-refractivity contribution < 1.29 is 8.78 Å². The van der Waals surface area contributed by atoms with Crippen LogP contribution in [0.3, 0.4) is 0 Å². The van der Waals surface area contributed by atoms with Crippen LogP contribution in [0.2, 0.25) is 0 Å². The van der Waals surface area contributed by atoms with Gasteiger partial charge in [-0.3, -0.25) is 0 Å². The molecular weight excluding hydrogens is 260 g/mol. The fraction of sp³-hybridized carbons (Fsp3) is 0.400. The highest BCUT2D eigenvalue weighted by Crippen LogP contribution is 2.20. The SMILES string of the molecule is CC(C)CC(N)c1cncn1Cc1ccc(F)cc1F. The highest BCUT2D eigenvalue weighted by Gasteiger charge is 2.14. The molecule has 2 rings (SSSR count). The van der Waals surface area contributed by atoms with Crippen molar-refractivity contribution in [2.75, 3.05) is 0 Å². The van der Waals surface area contributed by atoms with Crippen LogP contribution in [0.4, 0.5) is 8.78 Å². The molecule has 2 N–H and O–H groups in total. The van der Waals surface area contributed by atoms with Gasteiger partial charge in [-0.15, -0.1) is 0 Å². The van der Waals surface area contributed by atoms with Gasteiger partial charge in [-0.1, -0.05) is 19.9 Å². The number of imidazole rings is 1. The number of benzene rings is 1. The zero-order valence-electron chi connectivity index (χ0n) is 11.7. The van der Waals surface area contributed by atoms with Crippen molar-refractivity contribution in [3.63, 3.8) is 0 Å². The number of hydrogen-bond acceptors (Lipinski definition) is 2. The molecule has 20 heavy (non-hydrogen) atoms. The standard InChI is InChI=1S/C15H19F2N3/c1-10(2)5-14(18)15-7-19-9-20(15)8-11-3-4-12(16)6-13(11)17/h3-4,6-7,9-10,14H,5,8,18H2,1-2H3. The van der Waals surface area contributed by atoms with Gasteiger partial charge in [-0.05, 0) is 18.4 Å². The lowest BCUT2D eigenvalue weighted by Gasteiger charge is -2.16. The molecule has 3 nitrogen and oxygen atoms in total. The van der Waals surface area contributed by atoms with Crippen molar-refractivity contribution in [2.24, 2.45) is 11.7 Å². The quantitative estimate of drug-likeness (QED) is 0.913. The molecular formula is C15H19F2N3. The second-order valence-electron chi connectivity index (χ2n) is 5.42. The highest BCUT2D eigenvalue weighted by atomic mass is 19.1. The Balaban J connectivity index is 2.20. The molecule has 2 aromatic rings. The van der Waals surface area contributed by atoms with Gasteiger partial charge >= 0.3 is 0 Å². The molecule has 5 heteroatoms. The van der Waals surface area contributed by atoms with Gasteiger partial charge in [0.05, 0.1) is 18.6 Å². The molecule has 0 aliphatic heterocycles. The second-order valence-corrected chi connectivity index (χ2v) is 5.42. The number of aromatic nitrogens is 2. The lowest BCUT2D eigenvalue weighted by molar-refractivity contribution is 0.486. The van der Waals surface area contributed by atoms with E-state index in [9.17, 15) is 8.78 Å². The number of rotatable bonds is 5. The van der Waals surface area contributed by atoms with E-state index < -0.39 is 11.6 Å². The summed E-state index contributed by atoms with van der Waals surface area (Å²) in [4.78, 5) is 4.08. The fourth-order valence-electron chi connectivity index (χ4n) is 2.23. The number of halogens is 2. The normalized spacial score (nSPS) is 12.9. The summed E-state index contributed by atoms with van der Waals surface area (Å²) >= 11 is 0. The summed E-state index contributed by atoms with van der Waals surface area (Å²) in [7, 11) is 0. The first kappa shape index (κ1) is 14.7. The minimum absolute atomic E-state index is 0.138. The summed E-state index contributed by atoms with van der Waals surface area (Å²) in [6.45, 7) is 4.49. The van der Waals surface area contributed by atoms with E-state index >= 15 is 0 Å². The van der Waals surface area contributed by atoms with Crippen LogP contribution in [0.25, 0.3) is 0 Å². The van der Waals surface area contributed by atoms with Crippen LogP contribution in [0.1, 0.15) is 37.6 Å². The minimum Gasteiger partial charge on any atom is -0.329 e. The Morgan fingerprint density at radius 2 is 2.05 bits per heavy atom. The van der Waals surface area contributed by atoms with Crippen molar-refractivity contribution in [1.29, 1.82) is 0 Å². The van der Waals surface area contributed by atoms with Gasteiger partial charge in [0.2, 0.25) is 0 Å². The summed E-state index contributed by atoms with van der Waals surface area (Å²) in [6, 6.07) is 3.45. The van der Waals surface area contributed by atoms with E-state index in [1.807, 2.05) is 4.57 Å². The largest absolute Gasteiger partial charge is 0.329 e. The molecule has 0 spiro atoms. The summed E-state index contributed by atoms with van der Waals surface area (Å²) in [5, 5.41) is 0. The maximum absolute atomic E-state index is 13.7. The highest BCUT2D eigenvalue weighted by molar-refractivity contribution is 5.20. The van der Waals surface area contributed by atoms with Crippen LogP contribution in [-0.2, 0) is 6.54 Å². The minimum atomic E-state index is -0.575. The molecule has 0 saturated carbocycles. The topological polar surface area (TPSA) is 43.8 Å². The van der Waals surface area contributed by atoms with E-state index in [0.717, 1.165) is 18.2 Å². The molecule has 108 valence electrons. The van der Waals surface area contributed by atoms with Crippen LogP contribution in [0.15, 0.2) is 30.7 Å². The van der Waals surface area contributed by atoms with Gasteiger partial charge < -0.3 is 10.3 Å². The first-order valence-corrected chi connectivity index (χ1v) is 6.67. The first-order chi connectivity index (χ1) is 9.47. The van der Waals surface area contributed by atoms with Crippen LogP contribution in [-0.4, -0.2) is 9.55 Å². The van der Waals surface area contributed by atoms with Gasteiger partial charge in [0, 0.05) is 23.9 Å². The molecule has 0 fully saturated rings. The maximum Gasteiger partial charge on any atom is 0.131 e. The maximum atomic E-state index is 13.7. The van der Waals surface area contributed by atoms with Crippen molar-refractivity contribution in [3.8, 4) is 0 Å². The summed E-state index contributed by atoms with van der Waals surface area (Å²) < 4.78 is 28.4. The summed E-state index contributed by atoms with van der Waals surface area (Å²) in [6.07, 6.45) is 4.16. The van der Waals surface area contributed by atoms with Crippen molar-refractivity contribution in [2.45, 2.75) is 32.9 Å². The smallest absolute Gasteiger partial charge is 0.131 e. The van der Waals surface area contributed by atoms with Gasteiger partial charge in [-0.25, -0.2) is 13.8 Å². The fourth-order valence-corrected chi connectivity index (χ4v) is 2.23. The molecule has 0 bridgehead atoms. The van der Waals surface area contributed by atoms with Crippen molar-refractivity contribution in [3.05, 3.63) is 53.6 Å². The van der Waals surface area contributed by atoms with Gasteiger partial charge in [0.15, 0.2) is 0 Å². The van der Waals surface area contributed by atoms with Gasteiger partial charge in [-0.2, -0.15) is 0 Å². The predicted molar refractivity (Wildman–Crippen MR) is 74.1 cm³/mol. The Bertz CT molecular complexity index is 578. The van der Waals surface area contributed by atoms with E-state index in [1.165, 1.54) is 12.1 Å². The van der Waals surface area contributed by atoms with Crippen LogP contribution in [0, 0.1) is 17.6 Å². The third kappa shape index (κ3) is 3.42. The number of hydrogen-bond donors (Lipinski definition) is 1. The van der Waals surface area contributed by atoms with E-state index in [0.29, 0.717) is 18.0 Å². The monoisotopic (exact) mass is 279 g/mol. The Morgan fingerprint density at radius 1 is 1.30 bits per heavy atom. The first-order valence-electron chi connectivity index (χ1n) is 6.67. The van der Waals surface area contributed by atoms with Gasteiger partial charge in [0.1, 0.15) is 11.6 Å². The third-order valence-corrected chi connectivity index (χ3v) is 3.21. The van der Waals surface area contributed by atoms with Crippen molar-refractivity contribution >= 4 is 0 Å². The van der Waals surface area contributed by atoms with E-state index in [4.69, 9.17) is 5.73 Å². The van der Waals surface area contributed by atoms with E-state index in [-0.39, 0.29) is 6.04 Å². The molecule has 1 heterocycles. The Labute approximate surface area is 117 Å². The molecule has 1 atom stereocenters. The Hall–Kier alpha value is -1.75. The second kappa shape index (κ2) is 6.13. The Kier molecular flexibility index (Phi) is 4.49. The molecule has 0 aliphatic carbocycles. The number of nitrogens with two attached hydrogens (primary N) is 1. The summed E-state index contributed by atoms with van der Waals surface area (Å²) in [5.74, 6) is -0.661.